The lowest BCUT2D eigenvalue weighted by molar-refractivity contribution is -0.0321. The van der Waals surface area contributed by atoms with Gasteiger partial charge < -0.3 is 19.7 Å². The topological polar surface area (TPSA) is 50.8 Å². The molecule has 1 aliphatic carbocycles. The van der Waals surface area contributed by atoms with Gasteiger partial charge >= 0.3 is 6.03 Å². The molecule has 1 heterocycles. The molecule has 2 amide bonds. The molecule has 1 atom stereocenters. The number of carbonyl (C=O) groups is 1. The number of rotatable bonds is 6. The summed E-state index contributed by atoms with van der Waals surface area (Å²) in [7, 11) is 1.91. The average Bonchev–Trinajstić information content (AvgIpc) is 2.67. The van der Waals surface area contributed by atoms with Crippen molar-refractivity contribution in [3.8, 4) is 0 Å². The second-order valence-electron chi connectivity index (χ2n) is 7.04. The molecule has 1 N–H and O–H groups in total. The summed E-state index contributed by atoms with van der Waals surface area (Å²) in [6, 6.07) is 8.87. The number of amides is 2. The van der Waals surface area contributed by atoms with Crippen LogP contribution in [0, 0.1) is 0 Å². The molecule has 25 heavy (non-hydrogen) atoms. The predicted molar refractivity (Wildman–Crippen MR) is 97.8 cm³/mol. The maximum absolute atomic E-state index is 12.4. The van der Waals surface area contributed by atoms with Crippen LogP contribution in [0.1, 0.15) is 36.8 Å². The van der Waals surface area contributed by atoms with Crippen LogP contribution < -0.4 is 5.32 Å². The summed E-state index contributed by atoms with van der Waals surface area (Å²) in [4.78, 5) is 14.2. The van der Waals surface area contributed by atoms with E-state index in [0.29, 0.717) is 19.3 Å². The first-order chi connectivity index (χ1) is 12.2. The third-order valence-corrected chi connectivity index (χ3v) is 5.31. The van der Waals surface area contributed by atoms with Gasteiger partial charge in [0.15, 0.2) is 0 Å². The molecular weight excluding hydrogens is 316 g/mol. The number of nitrogens with one attached hydrogen (secondary N) is 1. The van der Waals surface area contributed by atoms with E-state index in [9.17, 15) is 4.79 Å². The number of urea groups is 1. The van der Waals surface area contributed by atoms with E-state index in [0.717, 1.165) is 51.7 Å². The van der Waals surface area contributed by atoms with E-state index in [1.807, 2.05) is 11.9 Å². The lowest BCUT2D eigenvalue weighted by atomic mass is 9.88. The first kappa shape index (κ1) is 18.2. The van der Waals surface area contributed by atoms with E-state index in [2.05, 4.69) is 29.6 Å². The maximum atomic E-state index is 12.4. The molecule has 0 radical (unpaired) electrons. The largest absolute Gasteiger partial charge is 0.381 e. The van der Waals surface area contributed by atoms with Gasteiger partial charge in [0, 0.05) is 39.5 Å². The lowest BCUT2D eigenvalue weighted by Gasteiger charge is -2.32. The van der Waals surface area contributed by atoms with Crippen LogP contribution in [0.5, 0.6) is 0 Å². The minimum Gasteiger partial charge on any atom is -0.381 e. The zero-order valence-electron chi connectivity index (χ0n) is 15.2. The third-order valence-electron chi connectivity index (χ3n) is 5.31. The van der Waals surface area contributed by atoms with Crippen LogP contribution in [0.3, 0.4) is 0 Å². The Morgan fingerprint density at radius 2 is 2.00 bits per heavy atom. The number of fused-ring (bicyclic) bond motifs is 1. The summed E-state index contributed by atoms with van der Waals surface area (Å²) in [5.41, 5.74) is 2.81. The van der Waals surface area contributed by atoms with Crippen molar-refractivity contribution >= 4 is 6.03 Å². The van der Waals surface area contributed by atoms with E-state index in [4.69, 9.17) is 9.47 Å². The number of aryl methyl sites for hydroxylation is 1. The molecule has 1 fully saturated rings. The van der Waals surface area contributed by atoms with Gasteiger partial charge in [-0.3, -0.25) is 0 Å². The molecule has 5 nitrogen and oxygen atoms in total. The van der Waals surface area contributed by atoms with E-state index < -0.39 is 0 Å². The van der Waals surface area contributed by atoms with Crippen molar-refractivity contribution in [2.75, 3.05) is 33.4 Å². The van der Waals surface area contributed by atoms with Crippen molar-refractivity contribution in [1.29, 1.82) is 0 Å². The maximum Gasteiger partial charge on any atom is 0.317 e. The molecule has 0 spiro atoms. The van der Waals surface area contributed by atoms with Gasteiger partial charge in [-0.2, -0.15) is 0 Å². The SMILES string of the molecule is CN(C(=O)NCCCOC1CCOCC1)C1CCc2ccccc2C1. The Balaban J connectivity index is 1.34. The van der Waals surface area contributed by atoms with Crippen LogP contribution in [0.25, 0.3) is 0 Å². The Morgan fingerprint density at radius 3 is 2.80 bits per heavy atom. The third kappa shape index (κ3) is 5.19. The number of nitrogens with zero attached hydrogens (tertiary/aromatic N) is 1. The van der Waals surface area contributed by atoms with Crippen LogP contribution in [0.15, 0.2) is 24.3 Å². The normalized spacial score (nSPS) is 20.8. The summed E-state index contributed by atoms with van der Waals surface area (Å²) in [5.74, 6) is 0. The quantitative estimate of drug-likeness (QED) is 0.806. The molecule has 2 aliphatic rings. The number of ether oxygens (including phenoxy) is 2. The molecule has 0 bridgehead atoms. The minimum absolute atomic E-state index is 0.0236. The van der Waals surface area contributed by atoms with Gasteiger partial charge in [-0.05, 0) is 49.7 Å². The van der Waals surface area contributed by atoms with Gasteiger partial charge in [-0.15, -0.1) is 0 Å². The van der Waals surface area contributed by atoms with Gasteiger partial charge in [0.25, 0.3) is 0 Å². The standard InChI is InChI=1S/C20H30N2O3/c1-22(18-8-7-16-5-2-3-6-17(16)15-18)20(23)21-11-4-12-25-19-9-13-24-14-10-19/h2-3,5-6,18-19H,4,7-15H2,1H3,(H,21,23). The average molecular weight is 346 g/mol. The second kappa shape index (κ2) is 9.20. The predicted octanol–water partition coefficient (Wildman–Crippen LogP) is 2.77. The van der Waals surface area contributed by atoms with Crippen molar-refractivity contribution < 1.29 is 14.3 Å². The monoisotopic (exact) mass is 346 g/mol. The van der Waals surface area contributed by atoms with Crippen LogP contribution >= 0.6 is 0 Å². The van der Waals surface area contributed by atoms with Crippen molar-refractivity contribution in [3.05, 3.63) is 35.4 Å². The summed E-state index contributed by atoms with van der Waals surface area (Å²) in [6.07, 6.45) is 6.19. The molecule has 1 saturated heterocycles. The van der Waals surface area contributed by atoms with Gasteiger partial charge in [-0.1, -0.05) is 24.3 Å². The Hall–Kier alpha value is -1.59. The zero-order valence-corrected chi connectivity index (χ0v) is 15.2. The Kier molecular flexibility index (Phi) is 6.70. The van der Waals surface area contributed by atoms with E-state index in [1.54, 1.807) is 0 Å². The molecule has 1 unspecified atom stereocenters. The van der Waals surface area contributed by atoms with Crippen LogP contribution in [-0.2, 0) is 22.3 Å². The van der Waals surface area contributed by atoms with Gasteiger partial charge in [0.2, 0.25) is 0 Å². The number of hydrogen-bond donors (Lipinski definition) is 1. The Bertz CT molecular complexity index is 558. The zero-order chi connectivity index (χ0) is 17.5. The van der Waals surface area contributed by atoms with E-state index >= 15 is 0 Å². The highest BCUT2D eigenvalue weighted by Gasteiger charge is 2.24. The van der Waals surface area contributed by atoms with Gasteiger partial charge in [-0.25, -0.2) is 4.79 Å². The fourth-order valence-corrected chi connectivity index (χ4v) is 3.66. The van der Waals surface area contributed by atoms with Crippen LogP contribution in [0.4, 0.5) is 4.79 Å². The highest BCUT2D eigenvalue weighted by molar-refractivity contribution is 5.74. The van der Waals surface area contributed by atoms with Gasteiger partial charge in [0.05, 0.1) is 6.10 Å². The Labute approximate surface area is 150 Å². The highest BCUT2D eigenvalue weighted by Crippen LogP contribution is 2.23. The molecule has 138 valence electrons. The summed E-state index contributed by atoms with van der Waals surface area (Å²) >= 11 is 0. The fourth-order valence-electron chi connectivity index (χ4n) is 3.66. The number of benzene rings is 1. The van der Waals surface area contributed by atoms with Crippen molar-refractivity contribution in [2.24, 2.45) is 0 Å². The summed E-state index contributed by atoms with van der Waals surface area (Å²) < 4.78 is 11.2. The molecule has 1 aromatic rings. The number of hydrogen-bond acceptors (Lipinski definition) is 3. The molecule has 5 heteroatoms. The smallest absolute Gasteiger partial charge is 0.317 e. The van der Waals surface area contributed by atoms with Crippen molar-refractivity contribution in [1.82, 2.24) is 10.2 Å². The van der Waals surface area contributed by atoms with Crippen molar-refractivity contribution in [2.45, 2.75) is 50.7 Å². The summed E-state index contributed by atoms with van der Waals surface area (Å²) in [6.45, 7) is 2.97. The molecule has 1 aliphatic heterocycles. The minimum atomic E-state index is 0.0236. The highest BCUT2D eigenvalue weighted by atomic mass is 16.5. The summed E-state index contributed by atoms with van der Waals surface area (Å²) in [5, 5.41) is 3.02. The van der Waals surface area contributed by atoms with E-state index in [1.165, 1.54) is 11.1 Å². The molecule has 0 saturated carbocycles. The van der Waals surface area contributed by atoms with E-state index in [-0.39, 0.29) is 12.1 Å². The molecular formula is C20H30N2O3. The van der Waals surface area contributed by atoms with Crippen LogP contribution in [0.2, 0.25) is 0 Å². The van der Waals surface area contributed by atoms with Gasteiger partial charge in [0.1, 0.15) is 0 Å². The fraction of sp³-hybridized carbons (Fsp3) is 0.650. The molecule has 3 rings (SSSR count). The number of carbonyl (C=O) groups excluding carboxylic acids is 1. The Morgan fingerprint density at radius 1 is 1.24 bits per heavy atom. The van der Waals surface area contributed by atoms with Crippen molar-refractivity contribution in [3.63, 3.8) is 0 Å². The lowest BCUT2D eigenvalue weighted by Crippen LogP contribution is -2.46. The first-order valence-electron chi connectivity index (χ1n) is 9.51. The number of likely N-dealkylation sites (N-methyl/N-ethyl adjacent to an activating group) is 1. The molecule has 1 aromatic carbocycles. The van der Waals surface area contributed by atoms with Crippen LogP contribution in [-0.4, -0.2) is 56.5 Å². The first-order valence-corrected chi connectivity index (χ1v) is 9.51. The molecule has 0 aromatic heterocycles. The second-order valence-corrected chi connectivity index (χ2v) is 7.04.